The van der Waals surface area contributed by atoms with Crippen molar-refractivity contribution in [2.75, 3.05) is 11.9 Å². The van der Waals surface area contributed by atoms with E-state index < -0.39 is 12.2 Å². The van der Waals surface area contributed by atoms with E-state index in [1.165, 1.54) is 12.1 Å². The van der Waals surface area contributed by atoms with Gasteiger partial charge in [-0.25, -0.2) is 0 Å². The molecule has 1 aromatic carbocycles. The Balaban J connectivity index is 1.62. The van der Waals surface area contributed by atoms with Gasteiger partial charge in [0.05, 0.1) is 5.52 Å². The number of hydrogen-bond donors (Lipinski definition) is 3. The lowest BCUT2D eigenvalue weighted by Gasteiger charge is -2.21. The Hall–Kier alpha value is -2.81. The third kappa shape index (κ3) is 4.14. The van der Waals surface area contributed by atoms with E-state index in [9.17, 15) is 18.0 Å². The number of nitrogens with one attached hydrogen (secondary N) is 3. The molecule has 6 nitrogen and oxygen atoms in total. The number of benzene rings is 1. The minimum atomic E-state index is -4.38. The largest absolute Gasteiger partial charge is 0.407 e. The van der Waals surface area contributed by atoms with Crippen molar-refractivity contribution in [3.05, 3.63) is 52.4 Å². The van der Waals surface area contributed by atoms with Crippen LogP contribution in [0.1, 0.15) is 31.4 Å². The van der Waals surface area contributed by atoms with Crippen LogP contribution in [-0.2, 0) is 6.54 Å². The van der Waals surface area contributed by atoms with Gasteiger partial charge < -0.3 is 15.6 Å². The Morgan fingerprint density at radius 1 is 1.24 bits per heavy atom. The van der Waals surface area contributed by atoms with Crippen LogP contribution >= 0.6 is 0 Å². The predicted molar refractivity (Wildman–Crippen MR) is 105 cm³/mol. The zero-order valence-corrected chi connectivity index (χ0v) is 15.9. The maximum absolute atomic E-state index is 13.2. The molecule has 0 spiro atoms. The molecule has 0 saturated heterocycles. The second kappa shape index (κ2) is 7.55. The summed E-state index contributed by atoms with van der Waals surface area (Å²) in [4.78, 5) is 15.0. The van der Waals surface area contributed by atoms with Gasteiger partial charge >= 0.3 is 6.18 Å². The number of pyridine rings is 1. The molecule has 4 rings (SSSR count). The number of halogens is 3. The lowest BCUT2D eigenvalue weighted by Crippen LogP contribution is -2.33. The maximum Gasteiger partial charge on any atom is 0.407 e. The Morgan fingerprint density at radius 2 is 1.97 bits per heavy atom. The molecular weight excluding hydrogens is 383 g/mol. The summed E-state index contributed by atoms with van der Waals surface area (Å²) in [6, 6.07) is 6.07. The Bertz CT molecular complexity index is 1050. The van der Waals surface area contributed by atoms with Crippen molar-refractivity contribution in [1.29, 1.82) is 0 Å². The lowest BCUT2D eigenvalue weighted by atomic mass is 10.1. The molecule has 1 aliphatic rings. The van der Waals surface area contributed by atoms with Crippen LogP contribution in [0, 0.1) is 5.92 Å². The van der Waals surface area contributed by atoms with Gasteiger partial charge in [-0.1, -0.05) is 19.1 Å². The van der Waals surface area contributed by atoms with Crippen LogP contribution in [0.4, 0.5) is 24.7 Å². The summed E-state index contributed by atoms with van der Waals surface area (Å²) in [6.07, 6.45) is -0.482. The van der Waals surface area contributed by atoms with Crippen LogP contribution in [0.15, 0.2) is 41.3 Å². The standard InChI is InChI=1S/C20H22F3N5O/c1-2-24-17(20(21,22)23)13-5-7-14(8-6-13)26-18-16-15(9-10-25-19(16)29)28(27-18)11-12-3-4-12/h5-10,12,17,24H,2-4,11H2,1H3,(H,25,29)(H,26,27). The van der Waals surface area contributed by atoms with E-state index in [0.717, 1.165) is 24.9 Å². The van der Waals surface area contributed by atoms with Gasteiger partial charge in [-0.3, -0.25) is 9.48 Å². The van der Waals surface area contributed by atoms with Gasteiger partial charge in [0.2, 0.25) is 0 Å². The summed E-state index contributed by atoms with van der Waals surface area (Å²) < 4.78 is 41.5. The number of nitrogens with zero attached hydrogens (tertiary/aromatic N) is 2. The van der Waals surface area contributed by atoms with Gasteiger partial charge in [-0.2, -0.15) is 18.3 Å². The van der Waals surface area contributed by atoms with Gasteiger partial charge in [-0.05, 0) is 49.1 Å². The van der Waals surface area contributed by atoms with Crippen molar-refractivity contribution < 1.29 is 13.2 Å². The molecule has 1 unspecified atom stereocenters. The average molecular weight is 405 g/mol. The molecular formula is C20H22F3N5O. The van der Waals surface area contributed by atoms with Crippen LogP contribution in [0.3, 0.4) is 0 Å². The fourth-order valence-corrected chi connectivity index (χ4v) is 3.43. The predicted octanol–water partition coefficient (Wildman–Crippen LogP) is 4.09. The zero-order valence-electron chi connectivity index (χ0n) is 15.9. The summed E-state index contributed by atoms with van der Waals surface area (Å²) in [6.45, 7) is 2.59. The second-order valence-electron chi connectivity index (χ2n) is 7.32. The van der Waals surface area contributed by atoms with E-state index in [-0.39, 0.29) is 17.7 Å². The fourth-order valence-electron chi connectivity index (χ4n) is 3.43. The first kappa shape index (κ1) is 19.5. The zero-order chi connectivity index (χ0) is 20.6. The highest BCUT2D eigenvalue weighted by Gasteiger charge is 2.40. The molecule has 0 aliphatic heterocycles. The smallest absolute Gasteiger partial charge is 0.338 e. The lowest BCUT2D eigenvalue weighted by molar-refractivity contribution is -0.157. The molecule has 1 fully saturated rings. The van der Waals surface area contributed by atoms with E-state index in [1.54, 1.807) is 25.3 Å². The van der Waals surface area contributed by atoms with E-state index in [4.69, 9.17) is 0 Å². The Labute approximate surface area is 165 Å². The van der Waals surface area contributed by atoms with E-state index in [1.807, 2.05) is 10.7 Å². The van der Waals surface area contributed by atoms with Crippen molar-refractivity contribution in [3.63, 3.8) is 0 Å². The summed E-state index contributed by atoms with van der Waals surface area (Å²) in [5.41, 5.74) is 1.18. The molecule has 29 heavy (non-hydrogen) atoms. The monoisotopic (exact) mass is 405 g/mol. The molecule has 1 saturated carbocycles. The van der Waals surface area contributed by atoms with Crippen molar-refractivity contribution in [1.82, 2.24) is 20.1 Å². The van der Waals surface area contributed by atoms with Crippen molar-refractivity contribution in [2.24, 2.45) is 5.92 Å². The Kier molecular flexibility index (Phi) is 5.08. The molecule has 3 aromatic rings. The number of fused-ring (bicyclic) bond motifs is 1. The van der Waals surface area contributed by atoms with Crippen LogP contribution < -0.4 is 16.2 Å². The highest BCUT2D eigenvalue weighted by atomic mass is 19.4. The summed E-state index contributed by atoms with van der Waals surface area (Å²) >= 11 is 0. The number of aromatic amines is 1. The molecule has 2 aromatic heterocycles. The van der Waals surface area contributed by atoms with Crippen molar-refractivity contribution in [3.8, 4) is 0 Å². The molecule has 9 heteroatoms. The molecule has 154 valence electrons. The first-order valence-electron chi connectivity index (χ1n) is 9.62. The topological polar surface area (TPSA) is 74.7 Å². The van der Waals surface area contributed by atoms with Crippen LogP contribution in [0.2, 0.25) is 0 Å². The normalized spacial score (nSPS) is 15.6. The fraction of sp³-hybridized carbons (Fsp3) is 0.400. The maximum atomic E-state index is 13.2. The van der Waals surface area contributed by atoms with Gasteiger partial charge in [0.25, 0.3) is 5.56 Å². The minimum absolute atomic E-state index is 0.131. The quantitative estimate of drug-likeness (QED) is 0.554. The SMILES string of the molecule is CCNC(c1ccc(Nc2nn(CC3CC3)c3cc[nH]c(=O)c23)cc1)C(F)(F)F. The summed E-state index contributed by atoms with van der Waals surface area (Å²) in [5, 5.41) is 10.5. The third-order valence-electron chi connectivity index (χ3n) is 5.04. The number of anilines is 2. The third-order valence-corrected chi connectivity index (χ3v) is 5.04. The number of H-pyrrole nitrogens is 1. The first-order valence-corrected chi connectivity index (χ1v) is 9.62. The van der Waals surface area contributed by atoms with E-state index >= 15 is 0 Å². The van der Waals surface area contributed by atoms with Crippen LogP contribution in [0.5, 0.6) is 0 Å². The number of hydrogen-bond acceptors (Lipinski definition) is 4. The molecule has 1 atom stereocenters. The highest BCUT2D eigenvalue weighted by molar-refractivity contribution is 5.91. The molecule has 0 amide bonds. The minimum Gasteiger partial charge on any atom is -0.338 e. The van der Waals surface area contributed by atoms with Crippen LogP contribution in [-0.4, -0.2) is 27.5 Å². The van der Waals surface area contributed by atoms with Gasteiger partial charge in [0.1, 0.15) is 11.4 Å². The molecule has 0 bridgehead atoms. The number of alkyl halides is 3. The second-order valence-corrected chi connectivity index (χ2v) is 7.32. The van der Waals surface area contributed by atoms with Gasteiger partial charge in [0.15, 0.2) is 5.82 Å². The summed E-state index contributed by atoms with van der Waals surface area (Å²) in [5.74, 6) is 0.976. The van der Waals surface area contributed by atoms with Gasteiger partial charge in [0, 0.05) is 18.4 Å². The molecule has 0 radical (unpaired) electrons. The number of rotatable bonds is 7. The van der Waals surface area contributed by atoms with Crippen molar-refractivity contribution >= 4 is 22.4 Å². The molecule has 3 N–H and O–H groups in total. The van der Waals surface area contributed by atoms with E-state index in [0.29, 0.717) is 22.8 Å². The van der Waals surface area contributed by atoms with Gasteiger partial charge in [-0.15, -0.1) is 0 Å². The van der Waals surface area contributed by atoms with E-state index in [2.05, 4.69) is 20.7 Å². The highest BCUT2D eigenvalue weighted by Crippen LogP contribution is 2.34. The molecule has 1 aliphatic carbocycles. The molecule has 2 heterocycles. The summed E-state index contributed by atoms with van der Waals surface area (Å²) in [7, 11) is 0. The Morgan fingerprint density at radius 3 is 2.59 bits per heavy atom. The van der Waals surface area contributed by atoms with Crippen molar-refractivity contribution in [2.45, 2.75) is 38.5 Å². The first-order chi connectivity index (χ1) is 13.9. The average Bonchev–Trinajstić information content (AvgIpc) is 3.42. The van der Waals surface area contributed by atoms with Crippen LogP contribution in [0.25, 0.3) is 10.9 Å². The number of aromatic nitrogens is 3.